The van der Waals surface area contributed by atoms with E-state index in [-0.39, 0.29) is 17.1 Å². The molecule has 0 aliphatic carbocycles. The van der Waals surface area contributed by atoms with Crippen molar-refractivity contribution >= 4 is 16.9 Å². The van der Waals surface area contributed by atoms with Gasteiger partial charge < -0.3 is 23.5 Å². The molecule has 7 heteroatoms. The largest absolute Gasteiger partial charge is 0.493 e. The summed E-state index contributed by atoms with van der Waals surface area (Å²) < 4.78 is 22.6. The third kappa shape index (κ3) is 4.33. The van der Waals surface area contributed by atoms with Gasteiger partial charge in [0, 0.05) is 20.3 Å². The van der Waals surface area contributed by atoms with Gasteiger partial charge in [-0.1, -0.05) is 31.5 Å². The maximum absolute atomic E-state index is 13.5. The Labute approximate surface area is 192 Å². The molecule has 4 rings (SSSR count). The molecular formula is C26H29NO6. The number of carbonyl (C=O) groups is 1. The zero-order valence-electron chi connectivity index (χ0n) is 19.3. The smallest absolute Gasteiger partial charge is 0.290 e. The number of amides is 1. The zero-order valence-corrected chi connectivity index (χ0v) is 19.3. The highest BCUT2D eigenvalue weighted by Crippen LogP contribution is 2.41. The summed E-state index contributed by atoms with van der Waals surface area (Å²) in [6.07, 6.45) is 2.61. The number of benzene rings is 2. The second-order valence-electron chi connectivity index (χ2n) is 8.03. The van der Waals surface area contributed by atoms with Gasteiger partial charge in [-0.2, -0.15) is 0 Å². The minimum atomic E-state index is -0.580. The molecule has 33 heavy (non-hydrogen) atoms. The lowest BCUT2D eigenvalue weighted by Gasteiger charge is -2.25. The van der Waals surface area contributed by atoms with Gasteiger partial charge in [-0.15, -0.1) is 0 Å². The average molecular weight is 452 g/mol. The predicted molar refractivity (Wildman–Crippen MR) is 125 cm³/mol. The summed E-state index contributed by atoms with van der Waals surface area (Å²) in [5.41, 5.74) is 1.34. The van der Waals surface area contributed by atoms with E-state index < -0.39 is 6.04 Å². The highest BCUT2D eigenvalue weighted by atomic mass is 16.5. The van der Waals surface area contributed by atoms with Gasteiger partial charge in [-0.25, -0.2) is 0 Å². The van der Waals surface area contributed by atoms with E-state index in [9.17, 15) is 9.59 Å². The minimum Gasteiger partial charge on any atom is -0.493 e. The van der Waals surface area contributed by atoms with Crippen molar-refractivity contribution in [3.8, 4) is 11.5 Å². The van der Waals surface area contributed by atoms with Gasteiger partial charge in [0.25, 0.3) is 5.91 Å². The number of hydrogen-bond donors (Lipinski definition) is 0. The molecule has 0 saturated heterocycles. The molecule has 0 N–H and O–H groups in total. The monoisotopic (exact) mass is 451 g/mol. The number of hydrogen-bond acceptors (Lipinski definition) is 6. The minimum absolute atomic E-state index is 0.100. The zero-order chi connectivity index (χ0) is 23.4. The van der Waals surface area contributed by atoms with Gasteiger partial charge in [0.15, 0.2) is 16.9 Å². The number of fused-ring (bicyclic) bond motifs is 2. The molecule has 1 unspecified atom stereocenters. The molecule has 7 nitrogen and oxygen atoms in total. The molecule has 0 radical (unpaired) electrons. The van der Waals surface area contributed by atoms with Crippen molar-refractivity contribution in [2.24, 2.45) is 0 Å². The van der Waals surface area contributed by atoms with Crippen molar-refractivity contribution in [2.45, 2.75) is 32.2 Å². The molecule has 3 aromatic rings. The van der Waals surface area contributed by atoms with Crippen LogP contribution in [0.3, 0.4) is 0 Å². The van der Waals surface area contributed by atoms with Crippen LogP contribution in [0.25, 0.3) is 11.0 Å². The Morgan fingerprint density at radius 1 is 1.00 bits per heavy atom. The van der Waals surface area contributed by atoms with Crippen molar-refractivity contribution in [1.29, 1.82) is 0 Å². The number of ether oxygens (including phenoxy) is 3. The maximum atomic E-state index is 13.5. The molecule has 1 atom stereocenters. The second kappa shape index (κ2) is 10.1. The SMILES string of the molecule is CCCCOc1ccc(C2c3c(oc4ccccc4c3=O)C(=O)N2CCCOC)cc1OC. The molecule has 0 saturated carbocycles. The van der Waals surface area contributed by atoms with E-state index in [2.05, 4.69) is 6.92 Å². The fourth-order valence-corrected chi connectivity index (χ4v) is 4.22. The highest BCUT2D eigenvalue weighted by molar-refractivity contribution is 5.99. The maximum Gasteiger partial charge on any atom is 0.290 e. The first kappa shape index (κ1) is 22.9. The molecule has 2 heterocycles. The van der Waals surface area contributed by atoms with Gasteiger partial charge in [0.2, 0.25) is 5.76 Å². The first-order valence-electron chi connectivity index (χ1n) is 11.3. The molecule has 174 valence electrons. The third-order valence-electron chi connectivity index (χ3n) is 5.88. The van der Waals surface area contributed by atoms with E-state index in [0.29, 0.717) is 54.2 Å². The Morgan fingerprint density at radius 2 is 1.82 bits per heavy atom. The number of carbonyl (C=O) groups excluding carboxylic acids is 1. The first-order chi connectivity index (χ1) is 16.1. The fourth-order valence-electron chi connectivity index (χ4n) is 4.22. The Bertz CT molecular complexity index is 1200. The molecule has 1 aromatic heterocycles. The van der Waals surface area contributed by atoms with E-state index in [0.717, 1.165) is 18.4 Å². The van der Waals surface area contributed by atoms with Crippen LogP contribution in [0.1, 0.15) is 53.9 Å². The fraction of sp³-hybridized carbons (Fsp3) is 0.385. The van der Waals surface area contributed by atoms with Crippen molar-refractivity contribution in [1.82, 2.24) is 4.90 Å². The molecule has 1 amide bonds. The van der Waals surface area contributed by atoms with Crippen molar-refractivity contribution in [2.75, 3.05) is 34.0 Å². The van der Waals surface area contributed by atoms with E-state index in [1.54, 1.807) is 43.4 Å². The highest BCUT2D eigenvalue weighted by Gasteiger charge is 2.42. The van der Waals surface area contributed by atoms with Crippen LogP contribution >= 0.6 is 0 Å². The lowest BCUT2D eigenvalue weighted by Crippen LogP contribution is -2.31. The Balaban J connectivity index is 1.82. The number of unbranched alkanes of at least 4 members (excludes halogenated alkanes) is 1. The molecule has 0 bridgehead atoms. The Kier molecular flexibility index (Phi) is 6.99. The van der Waals surface area contributed by atoms with Crippen LogP contribution in [0.5, 0.6) is 11.5 Å². The summed E-state index contributed by atoms with van der Waals surface area (Å²) in [5, 5.41) is 0.458. The summed E-state index contributed by atoms with van der Waals surface area (Å²) >= 11 is 0. The van der Waals surface area contributed by atoms with Crippen molar-refractivity contribution in [3.63, 3.8) is 0 Å². The van der Waals surface area contributed by atoms with Gasteiger partial charge in [0.05, 0.1) is 30.7 Å². The number of rotatable bonds is 10. The Hall–Kier alpha value is -3.32. The van der Waals surface area contributed by atoms with Crippen molar-refractivity contribution < 1.29 is 23.4 Å². The van der Waals surface area contributed by atoms with Crippen LogP contribution < -0.4 is 14.9 Å². The van der Waals surface area contributed by atoms with Crippen LogP contribution in [0.4, 0.5) is 0 Å². The van der Waals surface area contributed by atoms with Crippen LogP contribution in [-0.4, -0.2) is 44.8 Å². The van der Waals surface area contributed by atoms with E-state index in [1.165, 1.54) is 0 Å². The summed E-state index contributed by atoms with van der Waals surface area (Å²) in [6, 6.07) is 12.0. The van der Waals surface area contributed by atoms with E-state index in [4.69, 9.17) is 18.6 Å². The van der Waals surface area contributed by atoms with Crippen LogP contribution in [0, 0.1) is 0 Å². The van der Waals surface area contributed by atoms with Gasteiger partial charge >= 0.3 is 0 Å². The molecule has 2 aromatic carbocycles. The lowest BCUT2D eigenvalue weighted by molar-refractivity contribution is 0.0707. The van der Waals surface area contributed by atoms with Crippen LogP contribution in [0.15, 0.2) is 51.7 Å². The lowest BCUT2D eigenvalue weighted by atomic mass is 9.98. The first-order valence-corrected chi connectivity index (χ1v) is 11.3. The normalized spacial score (nSPS) is 15.2. The topological polar surface area (TPSA) is 78.2 Å². The summed E-state index contributed by atoms with van der Waals surface area (Å²) in [5.74, 6) is 1.00. The average Bonchev–Trinajstić information content (AvgIpc) is 3.11. The summed E-state index contributed by atoms with van der Waals surface area (Å²) in [4.78, 5) is 28.5. The standard InChI is InChI=1S/C26H29NO6/c1-4-5-15-32-20-12-11-17(16-21(20)31-3)23-22-24(28)18-9-6-7-10-19(18)33-25(22)26(29)27(23)13-8-14-30-2/h6-7,9-12,16,23H,4-5,8,13-15H2,1-3H3. The third-order valence-corrected chi connectivity index (χ3v) is 5.88. The molecular weight excluding hydrogens is 422 g/mol. The van der Waals surface area contributed by atoms with Gasteiger partial charge in [-0.3, -0.25) is 9.59 Å². The van der Waals surface area contributed by atoms with Crippen LogP contribution in [-0.2, 0) is 4.74 Å². The van der Waals surface area contributed by atoms with Crippen LogP contribution in [0.2, 0.25) is 0 Å². The number of para-hydroxylation sites is 1. The molecule has 0 spiro atoms. The molecule has 1 aliphatic heterocycles. The Morgan fingerprint density at radius 3 is 2.58 bits per heavy atom. The van der Waals surface area contributed by atoms with E-state index in [1.807, 2.05) is 18.2 Å². The summed E-state index contributed by atoms with van der Waals surface area (Å²) in [7, 11) is 3.20. The second-order valence-corrected chi connectivity index (χ2v) is 8.03. The van der Waals surface area contributed by atoms with Crippen molar-refractivity contribution in [3.05, 3.63) is 69.6 Å². The number of methoxy groups -OCH3 is 2. The predicted octanol–water partition coefficient (Wildman–Crippen LogP) is 4.56. The number of nitrogens with zero attached hydrogens (tertiary/aromatic N) is 1. The summed E-state index contributed by atoms with van der Waals surface area (Å²) in [6.45, 7) is 3.62. The van der Waals surface area contributed by atoms with Gasteiger partial charge in [0.1, 0.15) is 5.58 Å². The van der Waals surface area contributed by atoms with Gasteiger partial charge in [-0.05, 0) is 42.7 Å². The molecule has 1 aliphatic rings. The quantitative estimate of drug-likeness (QED) is 0.421. The van der Waals surface area contributed by atoms with E-state index >= 15 is 0 Å². The molecule has 0 fully saturated rings.